The zero-order valence-electron chi connectivity index (χ0n) is 14.8. The SMILES string of the molecule is Cc1csc(-c2ccc(N3CCN(C(=O)c4ccc(C)s4)CC3)nc2)n1. The number of amides is 1. The lowest BCUT2D eigenvalue weighted by molar-refractivity contribution is 0.0751. The monoisotopic (exact) mass is 384 g/mol. The van der Waals surface area contributed by atoms with E-state index in [9.17, 15) is 4.79 Å². The van der Waals surface area contributed by atoms with Crippen molar-refractivity contribution in [2.75, 3.05) is 31.1 Å². The minimum absolute atomic E-state index is 0.144. The van der Waals surface area contributed by atoms with Gasteiger partial charge in [-0.3, -0.25) is 4.79 Å². The first-order valence-corrected chi connectivity index (χ1v) is 10.3. The molecule has 1 saturated heterocycles. The molecule has 0 aromatic carbocycles. The number of nitrogens with zero attached hydrogens (tertiary/aromatic N) is 4. The molecule has 0 bridgehead atoms. The second-order valence-electron chi connectivity index (χ2n) is 6.39. The Labute approximate surface area is 160 Å². The van der Waals surface area contributed by atoms with Crippen LogP contribution >= 0.6 is 22.7 Å². The first kappa shape index (κ1) is 17.2. The van der Waals surface area contributed by atoms with Gasteiger partial charge in [0.25, 0.3) is 5.91 Å². The molecule has 1 aliphatic rings. The van der Waals surface area contributed by atoms with Crippen molar-refractivity contribution in [1.82, 2.24) is 14.9 Å². The minimum atomic E-state index is 0.144. The van der Waals surface area contributed by atoms with Gasteiger partial charge in [-0.2, -0.15) is 0 Å². The zero-order valence-corrected chi connectivity index (χ0v) is 16.4. The van der Waals surface area contributed by atoms with Crippen LogP contribution in [-0.4, -0.2) is 47.0 Å². The van der Waals surface area contributed by atoms with Gasteiger partial charge in [0.05, 0.1) is 4.88 Å². The topological polar surface area (TPSA) is 49.3 Å². The number of piperazine rings is 1. The van der Waals surface area contributed by atoms with Crippen LogP contribution in [0.1, 0.15) is 20.2 Å². The van der Waals surface area contributed by atoms with Gasteiger partial charge >= 0.3 is 0 Å². The minimum Gasteiger partial charge on any atom is -0.353 e. The summed E-state index contributed by atoms with van der Waals surface area (Å²) >= 11 is 3.21. The first-order valence-electron chi connectivity index (χ1n) is 8.59. The summed E-state index contributed by atoms with van der Waals surface area (Å²) in [6, 6.07) is 8.05. The number of anilines is 1. The van der Waals surface area contributed by atoms with Crippen molar-refractivity contribution in [2.45, 2.75) is 13.8 Å². The molecule has 5 nitrogen and oxygen atoms in total. The summed E-state index contributed by atoms with van der Waals surface area (Å²) in [7, 11) is 0. The van der Waals surface area contributed by atoms with Crippen LogP contribution in [-0.2, 0) is 0 Å². The van der Waals surface area contributed by atoms with Gasteiger partial charge in [0.2, 0.25) is 0 Å². The van der Waals surface area contributed by atoms with E-state index >= 15 is 0 Å². The Morgan fingerprint density at radius 1 is 1.08 bits per heavy atom. The van der Waals surface area contributed by atoms with Crippen LogP contribution in [0.5, 0.6) is 0 Å². The Morgan fingerprint density at radius 3 is 2.46 bits per heavy atom. The zero-order chi connectivity index (χ0) is 18.1. The van der Waals surface area contributed by atoms with Gasteiger partial charge in [-0.25, -0.2) is 9.97 Å². The fraction of sp³-hybridized carbons (Fsp3) is 0.316. The van der Waals surface area contributed by atoms with Crippen molar-refractivity contribution >= 4 is 34.4 Å². The van der Waals surface area contributed by atoms with Crippen LogP contribution in [0.15, 0.2) is 35.8 Å². The highest BCUT2D eigenvalue weighted by Crippen LogP contribution is 2.25. The van der Waals surface area contributed by atoms with Gasteiger partial charge in [-0.1, -0.05) is 0 Å². The van der Waals surface area contributed by atoms with E-state index in [4.69, 9.17) is 0 Å². The van der Waals surface area contributed by atoms with Gasteiger partial charge in [0.15, 0.2) is 0 Å². The third-order valence-electron chi connectivity index (χ3n) is 4.46. The standard InChI is InChI=1S/C19H20N4OS2/c1-13-12-25-18(21-13)15-4-6-17(20-11-15)22-7-9-23(10-8-22)19(24)16-5-3-14(2)26-16/h3-6,11-12H,7-10H2,1-2H3. The molecule has 0 spiro atoms. The van der Waals surface area contributed by atoms with E-state index in [2.05, 4.69) is 26.3 Å². The number of hydrogen-bond acceptors (Lipinski definition) is 6. The first-order chi connectivity index (χ1) is 12.6. The predicted octanol–water partition coefficient (Wildman–Crippen LogP) is 3.85. The number of aromatic nitrogens is 2. The highest BCUT2D eigenvalue weighted by Gasteiger charge is 2.23. The molecule has 1 aliphatic heterocycles. The molecule has 0 radical (unpaired) electrons. The van der Waals surface area contributed by atoms with Crippen molar-refractivity contribution in [1.29, 1.82) is 0 Å². The molecule has 1 fully saturated rings. The summed E-state index contributed by atoms with van der Waals surface area (Å²) in [5.74, 6) is 1.10. The van der Waals surface area contributed by atoms with Crippen LogP contribution in [0, 0.1) is 13.8 Å². The number of thiazole rings is 1. The summed E-state index contributed by atoms with van der Waals surface area (Å²) < 4.78 is 0. The average molecular weight is 385 g/mol. The maximum absolute atomic E-state index is 12.6. The van der Waals surface area contributed by atoms with Gasteiger partial charge in [0, 0.05) is 53.9 Å². The van der Waals surface area contributed by atoms with Crippen molar-refractivity contribution in [3.63, 3.8) is 0 Å². The molecular weight excluding hydrogens is 364 g/mol. The predicted molar refractivity (Wildman–Crippen MR) is 107 cm³/mol. The number of hydrogen-bond donors (Lipinski definition) is 0. The van der Waals surface area contributed by atoms with Gasteiger partial charge < -0.3 is 9.80 Å². The Kier molecular flexibility index (Phi) is 4.74. The van der Waals surface area contributed by atoms with E-state index < -0.39 is 0 Å². The third kappa shape index (κ3) is 3.50. The molecule has 3 aromatic rings. The van der Waals surface area contributed by atoms with Crippen LogP contribution in [0.3, 0.4) is 0 Å². The van der Waals surface area contributed by atoms with Gasteiger partial charge in [-0.05, 0) is 38.1 Å². The van der Waals surface area contributed by atoms with E-state index in [-0.39, 0.29) is 5.91 Å². The molecule has 134 valence electrons. The molecule has 1 amide bonds. The largest absolute Gasteiger partial charge is 0.353 e. The fourth-order valence-electron chi connectivity index (χ4n) is 3.03. The van der Waals surface area contributed by atoms with E-state index in [0.717, 1.165) is 53.1 Å². The highest BCUT2D eigenvalue weighted by molar-refractivity contribution is 7.14. The van der Waals surface area contributed by atoms with E-state index in [1.807, 2.05) is 43.1 Å². The lowest BCUT2D eigenvalue weighted by Gasteiger charge is -2.35. The van der Waals surface area contributed by atoms with Crippen LogP contribution < -0.4 is 4.90 Å². The van der Waals surface area contributed by atoms with Crippen molar-refractivity contribution in [3.8, 4) is 10.6 Å². The normalized spacial score (nSPS) is 14.7. The maximum Gasteiger partial charge on any atom is 0.264 e. The van der Waals surface area contributed by atoms with Crippen molar-refractivity contribution in [3.05, 3.63) is 51.3 Å². The molecule has 4 rings (SSSR count). The second kappa shape index (κ2) is 7.17. The maximum atomic E-state index is 12.6. The van der Waals surface area contributed by atoms with Crippen molar-refractivity contribution in [2.24, 2.45) is 0 Å². The number of rotatable bonds is 3. The molecule has 0 unspecified atom stereocenters. The number of carbonyl (C=O) groups is 1. The van der Waals surface area contributed by atoms with Crippen LogP contribution in [0.4, 0.5) is 5.82 Å². The Balaban J connectivity index is 1.39. The number of carbonyl (C=O) groups excluding carboxylic acids is 1. The summed E-state index contributed by atoms with van der Waals surface area (Å²) in [6.07, 6.45) is 1.89. The summed E-state index contributed by atoms with van der Waals surface area (Å²) in [5.41, 5.74) is 2.09. The Hall–Kier alpha value is -2.25. The van der Waals surface area contributed by atoms with E-state index in [1.165, 1.54) is 4.88 Å². The van der Waals surface area contributed by atoms with Gasteiger partial charge in [0.1, 0.15) is 10.8 Å². The van der Waals surface area contributed by atoms with Crippen molar-refractivity contribution < 1.29 is 4.79 Å². The smallest absolute Gasteiger partial charge is 0.264 e. The number of pyridine rings is 1. The fourth-order valence-corrected chi connectivity index (χ4v) is 4.65. The van der Waals surface area contributed by atoms with Crippen LogP contribution in [0.2, 0.25) is 0 Å². The Bertz CT molecular complexity index is 908. The quantitative estimate of drug-likeness (QED) is 0.688. The van der Waals surface area contributed by atoms with E-state index in [0.29, 0.717) is 0 Å². The highest BCUT2D eigenvalue weighted by atomic mass is 32.1. The lowest BCUT2D eigenvalue weighted by atomic mass is 10.2. The molecule has 0 atom stereocenters. The average Bonchev–Trinajstić information content (AvgIpc) is 3.30. The molecule has 3 aromatic heterocycles. The van der Waals surface area contributed by atoms with Gasteiger partial charge in [-0.15, -0.1) is 22.7 Å². The number of thiophene rings is 1. The molecule has 26 heavy (non-hydrogen) atoms. The molecule has 4 heterocycles. The molecule has 0 N–H and O–H groups in total. The summed E-state index contributed by atoms with van der Waals surface area (Å²) in [5, 5.41) is 3.05. The molecular formula is C19H20N4OS2. The van der Waals surface area contributed by atoms with Crippen LogP contribution in [0.25, 0.3) is 10.6 Å². The molecule has 0 saturated carbocycles. The lowest BCUT2D eigenvalue weighted by Crippen LogP contribution is -2.48. The van der Waals surface area contributed by atoms with E-state index in [1.54, 1.807) is 22.7 Å². The summed E-state index contributed by atoms with van der Waals surface area (Å²) in [6.45, 7) is 7.09. The molecule has 7 heteroatoms. The number of aryl methyl sites for hydroxylation is 2. The second-order valence-corrected chi connectivity index (χ2v) is 8.53. The summed E-state index contributed by atoms with van der Waals surface area (Å²) in [4.78, 5) is 27.9. The Morgan fingerprint density at radius 2 is 1.88 bits per heavy atom. The third-order valence-corrected chi connectivity index (χ3v) is 6.45. The molecule has 0 aliphatic carbocycles.